The molecule has 0 saturated heterocycles. The second kappa shape index (κ2) is 5.61. The number of carbonyl (C=O) groups excluding carboxylic acids is 1. The molecule has 1 aromatic rings. The number of rotatable bonds is 4. The van der Waals surface area contributed by atoms with Crippen molar-refractivity contribution in [3.05, 3.63) is 29.3 Å². The highest BCUT2D eigenvalue weighted by Gasteiger charge is 2.34. The zero-order chi connectivity index (χ0) is 14.8. The Morgan fingerprint density at radius 2 is 1.95 bits per heavy atom. The van der Waals surface area contributed by atoms with Crippen molar-refractivity contribution in [2.75, 3.05) is 0 Å². The lowest BCUT2D eigenvalue weighted by Gasteiger charge is -2.17. The molecule has 0 aliphatic heterocycles. The molecular weight excluding hydrogens is 261 g/mol. The molecule has 2 atom stereocenters. The third-order valence-corrected chi connectivity index (χ3v) is 3.03. The zero-order valence-corrected chi connectivity index (χ0v) is 10.5. The molecule has 3 nitrogen and oxygen atoms in total. The molecule has 0 aromatic heterocycles. The summed E-state index contributed by atoms with van der Waals surface area (Å²) in [7, 11) is 0. The smallest absolute Gasteiger partial charge is 0.419 e. The van der Waals surface area contributed by atoms with E-state index >= 15 is 0 Å². The van der Waals surface area contributed by atoms with Crippen molar-refractivity contribution in [1.29, 1.82) is 0 Å². The van der Waals surface area contributed by atoms with Crippen LogP contribution in [0.5, 0.6) is 5.75 Å². The Morgan fingerprint density at radius 1 is 1.37 bits per heavy atom. The van der Waals surface area contributed by atoms with Gasteiger partial charge in [-0.2, -0.15) is 13.2 Å². The molecule has 106 valence electrons. The second-order valence-electron chi connectivity index (χ2n) is 4.52. The van der Waals surface area contributed by atoms with Gasteiger partial charge >= 0.3 is 6.18 Å². The highest BCUT2D eigenvalue weighted by molar-refractivity contribution is 5.78. The minimum Gasteiger partial charge on any atom is -0.507 e. The number of carbonyl (C=O) groups is 1. The van der Waals surface area contributed by atoms with E-state index in [9.17, 15) is 23.1 Å². The topological polar surface area (TPSA) is 57.5 Å². The van der Waals surface area contributed by atoms with Crippen molar-refractivity contribution in [2.24, 2.45) is 5.92 Å². The number of benzene rings is 1. The van der Waals surface area contributed by atoms with Gasteiger partial charge in [0.05, 0.1) is 11.7 Å². The molecular formula is C13H15F3O3. The zero-order valence-electron chi connectivity index (χ0n) is 10.5. The number of halogens is 3. The number of alkyl halides is 3. The Kier molecular flexibility index (Phi) is 4.57. The van der Waals surface area contributed by atoms with Crippen LogP contribution in [0.3, 0.4) is 0 Å². The van der Waals surface area contributed by atoms with Gasteiger partial charge in [0.2, 0.25) is 0 Å². The number of hydrogen-bond donors (Lipinski definition) is 2. The van der Waals surface area contributed by atoms with E-state index in [4.69, 9.17) is 5.11 Å². The Morgan fingerprint density at radius 3 is 2.42 bits per heavy atom. The second-order valence-corrected chi connectivity index (χ2v) is 4.52. The fourth-order valence-electron chi connectivity index (χ4n) is 1.63. The lowest BCUT2D eigenvalue weighted by Crippen LogP contribution is -2.26. The van der Waals surface area contributed by atoms with Crippen molar-refractivity contribution in [3.8, 4) is 5.75 Å². The first-order chi connectivity index (χ1) is 8.62. The minimum atomic E-state index is -4.66. The molecule has 1 aromatic carbocycles. The summed E-state index contributed by atoms with van der Waals surface area (Å²) < 4.78 is 37.7. The first-order valence-electron chi connectivity index (χ1n) is 5.70. The van der Waals surface area contributed by atoms with Gasteiger partial charge in [0.15, 0.2) is 0 Å². The molecule has 2 N–H and O–H groups in total. The molecule has 0 saturated carbocycles. The number of ketones is 1. The van der Waals surface area contributed by atoms with Crippen LogP contribution >= 0.6 is 0 Å². The largest absolute Gasteiger partial charge is 0.507 e. The number of aliphatic hydroxyl groups is 1. The first kappa shape index (κ1) is 15.5. The predicted molar refractivity (Wildman–Crippen MR) is 62.7 cm³/mol. The monoisotopic (exact) mass is 276 g/mol. The minimum absolute atomic E-state index is 0.0793. The van der Waals surface area contributed by atoms with Gasteiger partial charge in [-0.1, -0.05) is 13.0 Å². The number of aliphatic hydroxyl groups excluding tert-OH is 1. The maximum atomic E-state index is 12.6. The Balaban J connectivity index is 2.95. The van der Waals surface area contributed by atoms with Gasteiger partial charge in [-0.25, -0.2) is 0 Å². The Bertz CT molecular complexity index is 469. The summed E-state index contributed by atoms with van der Waals surface area (Å²) in [5, 5.41) is 18.9. The van der Waals surface area contributed by atoms with E-state index in [1.54, 1.807) is 0 Å². The number of Topliss-reactive ketones (excluding diaryl/α,β-unsaturated/α-hetero) is 1. The van der Waals surface area contributed by atoms with Crippen molar-refractivity contribution < 1.29 is 28.2 Å². The summed E-state index contributed by atoms with van der Waals surface area (Å²) in [5.41, 5.74) is -0.932. The van der Waals surface area contributed by atoms with Crippen LogP contribution in [0, 0.1) is 5.92 Å². The summed E-state index contributed by atoms with van der Waals surface area (Å²) in [6, 6.07) is 3.01. The van der Waals surface area contributed by atoms with Gasteiger partial charge < -0.3 is 10.2 Å². The molecule has 0 bridgehead atoms. The normalized spacial score (nSPS) is 15.1. The van der Waals surface area contributed by atoms with Crippen LogP contribution in [-0.2, 0) is 17.4 Å². The van der Waals surface area contributed by atoms with Crippen LogP contribution in [-0.4, -0.2) is 22.1 Å². The molecule has 6 heteroatoms. The maximum absolute atomic E-state index is 12.6. The molecule has 1 rings (SSSR count). The van der Waals surface area contributed by atoms with E-state index in [2.05, 4.69) is 0 Å². The fraction of sp³-hybridized carbons (Fsp3) is 0.462. The van der Waals surface area contributed by atoms with E-state index in [0.29, 0.717) is 0 Å². The number of phenols is 1. The first-order valence-corrected chi connectivity index (χ1v) is 5.70. The lowest BCUT2D eigenvalue weighted by molar-refractivity contribution is -0.138. The van der Waals surface area contributed by atoms with E-state index in [1.807, 2.05) is 0 Å². The quantitative estimate of drug-likeness (QED) is 0.888. The molecule has 0 radical (unpaired) electrons. The standard InChI is InChI=1S/C13H15F3O3/c1-7(8(2)17)12(19)6-9-3-4-11(18)10(5-9)13(14,15)16/h3-5,7,12,18-19H,6H2,1-2H3/t7-,12-/m1/s1. The van der Waals surface area contributed by atoms with Crippen molar-refractivity contribution in [3.63, 3.8) is 0 Å². The molecule has 19 heavy (non-hydrogen) atoms. The fourth-order valence-corrected chi connectivity index (χ4v) is 1.63. The third kappa shape index (κ3) is 3.96. The van der Waals surface area contributed by atoms with Crippen molar-refractivity contribution >= 4 is 5.78 Å². The maximum Gasteiger partial charge on any atom is 0.419 e. The summed E-state index contributed by atoms with van der Waals surface area (Å²) >= 11 is 0. The van der Waals surface area contributed by atoms with Crippen LogP contribution in [0.15, 0.2) is 18.2 Å². The van der Waals surface area contributed by atoms with Crippen molar-refractivity contribution in [1.82, 2.24) is 0 Å². The van der Waals surface area contributed by atoms with Crippen LogP contribution in [0.25, 0.3) is 0 Å². The highest BCUT2D eigenvalue weighted by Crippen LogP contribution is 2.36. The predicted octanol–water partition coefficient (Wildman–Crippen LogP) is 2.54. The Hall–Kier alpha value is -1.56. The molecule has 0 heterocycles. The van der Waals surface area contributed by atoms with Gasteiger partial charge in [-0.3, -0.25) is 4.79 Å². The van der Waals surface area contributed by atoms with Gasteiger partial charge in [-0.05, 0) is 31.0 Å². The van der Waals surface area contributed by atoms with Crippen molar-refractivity contribution in [2.45, 2.75) is 32.5 Å². The summed E-state index contributed by atoms with van der Waals surface area (Å²) in [6.07, 6.45) is -5.79. The molecule has 0 unspecified atom stereocenters. The molecule has 0 aliphatic rings. The number of aromatic hydroxyl groups is 1. The van der Waals surface area contributed by atoms with Crippen LogP contribution in [0.4, 0.5) is 13.2 Å². The SMILES string of the molecule is CC(=O)[C@@H](C)[C@H](O)Cc1ccc(O)c(C(F)(F)F)c1. The molecule has 0 aliphatic carbocycles. The van der Waals surface area contributed by atoms with Crippen LogP contribution in [0.2, 0.25) is 0 Å². The Labute approximate surface area is 108 Å². The summed E-state index contributed by atoms with van der Waals surface area (Å²) in [4.78, 5) is 11.1. The number of hydrogen-bond acceptors (Lipinski definition) is 3. The van der Waals surface area contributed by atoms with Gasteiger partial charge in [0, 0.05) is 5.92 Å². The van der Waals surface area contributed by atoms with Crippen LogP contribution in [0.1, 0.15) is 25.0 Å². The van der Waals surface area contributed by atoms with E-state index in [1.165, 1.54) is 19.9 Å². The average Bonchev–Trinajstić information content (AvgIpc) is 2.28. The number of phenolic OH excluding ortho intramolecular Hbond substituents is 1. The summed E-state index contributed by atoms with van der Waals surface area (Å²) in [5.74, 6) is -1.74. The molecule has 0 spiro atoms. The van der Waals surface area contributed by atoms with E-state index in [0.717, 1.165) is 12.1 Å². The molecule has 0 fully saturated rings. The molecule has 0 amide bonds. The van der Waals surface area contributed by atoms with Gasteiger partial charge in [-0.15, -0.1) is 0 Å². The van der Waals surface area contributed by atoms with E-state index in [-0.39, 0.29) is 17.8 Å². The van der Waals surface area contributed by atoms with Gasteiger partial charge in [0.25, 0.3) is 0 Å². The van der Waals surface area contributed by atoms with E-state index < -0.39 is 29.5 Å². The highest BCUT2D eigenvalue weighted by atomic mass is 19.4. The van der Waals surface area contributed by atoms with Crippen LogP contribution < -0.4 is 0 Å². The lowest BCUT2D eigenvalue weighted by atomic mass is 9.94. The van der Waals surface area contributed by atoms with Gasteiger partial charge in [0.1, 0.15) is 11.5 Å². The third-order valence-electron chi connectivity index (χ3n) is 3.03. The summed E-state index contributed by atoms with van der Waals surface area (Å²) in [6.45, 7) is 2.82. The average molecular weight is 276 g/mol.